The Hall–Kier alpha value is -0.700. The molecular formula is C7H4ClF3. The van der Waals surface area contributed by atoms with Crippen molar-refractivity contribution in [1.82, 2.24) is 0 Å². The van der Waals surface area contributed by atoms with E-state index in [2.05, 4.69) is 0 Å². The molecule has 0 fully saturated rings. The minimum Gasteiger partial charge on any atom is -0.166 e. The van der Waals surface area contributed by atoms with Gasteiger partial charge in [-0.3, -0.25) is 0 Å². The number of halogens is 4. The molecule has 0 heterocycles. The van der Waals surface area contributed by atoms with Crippen molar-refractivity contribution in [3.05, 3.63) is 34.8 Å². The Kier molecular flexibility index (Phi) is 1.08. The summed E-state index contributed by atoms with van der Waals surface area (Å²) in [6, 6.07) is -3.78. The molecule has 1 aromatic carbocycles. The summed E-state index contributed by atoms with van der Waals surface area (Å²) in [5, 5.41) is -1.01. The van der Waals surface area contributed by atoms with E-state index in [4.69, 9.17) is 17.1 Å². The van der Waals surface area contributed by atoms with E-state index in [1.54, 1.807) is 0 Å². The molecular weight excluding hydrogens is 177 g/mol. The van der Waals surface area contributed by atoms with E-state index in [1.165, 1.54) is 0 Å². The quantitative estimate of drug-likeness (QED) is 0.580. The van der Waals surface area contributed by atoms with Gasteiger partial charge in [0.1, 0.15) is 0 Å². The van der Waals surface area contributed by atoms with Crippen molar-refractivity contribution in [2.24, 2.45) is 0 Å². The van der Waals surface area contributed by atoms with Gasteiger partial charge in [0.15, 0.2) is 0 Å². The lowest BCUT2D eigenvalue weighted by atomic mass is 10.2. The Balaban J connectivity index is 3.68. The van der Waals surface area contributed by atoms with E-state index in [-0.39, 0.29) is 0 Å². The second-order valence-electron chi connectivity index (χ2n) is 1.69. The van der Waals surface area contributed by atoms with Crippen molar-refractivity contribution in [2.45, 2.75) is 6.18 Å². The van der Waals surface area contributed by atoms with E-state index in [0.717, 1.165) is 0 Å². The topological polar surface area (TPSA) is 0 Å². The number of alkyl halides is 3. The van der Waals surface area contributed by atoms with Crippen molar-refractivity contribution in [1.29, 1.82) is 0 Å². The van der Waals surface area contributed by atoms with Crippen LogP contribution in [0, 0.1) is 0 Å². The Morgan fingerprint density at radius 3 is 2.36 bits per heavy atom. The zero-order valence-corrected chi connectivity index (χ0v) is 5.77. The fourth-order valence-corrected chi connectivity index (χ4v) is 0.694. The standard InChI is InChI=1S/C7H4ClF3/c8-6-4-2-1-3-5(6)7(9,10)11/h1-4H/i1D,2D,3D,4D. The molecule has 0 aromatic heterocycles. The van der Waals surface area contributed by atoms with Crippen LogP contribution in [0.4, 0.5) is 13.2 Å². The maximum Gasteiger partial charge on any atom is 0.417 e. The van der Waals surface area contributed by atoms with Crippen LogP contribution in [-0.4, -0.2) is 0 Å². The first-order valence-corrected chi connectivity index (χ1v) is 2.88. The largest absolute Gasteiger partial charge is 0.417 e. The molecule has 0 aliphatic rings. The van der Waals surface area contributed by atoms with Gasteiger partial charge in [0.05, 0.1) is 16.1 Å². The molecule has 0 N–H and O–H groups in total. The predicted octanol–water partition coefficient (Wildman–Crippen LogP) is 3.36. The Morgan fingerprint density at radius 2 is 1.82 bits per heavy atom. The molecule has 0 amide bonds. The predicted molar refractivity (Wildman–Crippen MR) is 36.5 cm³/mol. The van der Waals surface area contributed by atoms with Crippen LogP contribution in [0.15, 0.2) is 24.2 Å². The molecule has 0 nitrogen and oxygen atoms in total. The molecule has 1 aromatic rings. The number of hydrogen-bond donors (Lipinski definition) is 0. The lowest BCUT2D eigenvalue weighted by Crippen LogP contribution is -2.04. The van der Waals surface area contributed by atoms with Gasteiger partial charge in [-0.15, -0.1) is 0 Å². The lowest BCUT2D eigenvalue weighted by Gasteiger charge is -2.06. The zero-order chi connectivity index (χ0) is 12.0. The number of rotatable bonds is 0. The fourth-order valence-electron chi connectivity index (χ4n) is 0.493. The summed E-state index contributed by atoms with van der Waals surface area (Å²) in [7, 11) is 0. The molecule has 1 rings (SSSR count). The monoisotopic (exact) mass is 184 g/mol. The van der Waals surface area contributed by atoms with Crippen molar-refractivity contribution in [2.75, 3.05) is 0 Å². The van der Waals surface area contributed by atoms with Crippen LogP contribution in [-0.2, 0) is 6.18 Å². The molecule has 4 heteroatoms. The van der Waals surface area contributed by atoms with Crippen molar-refractivity contribution < 1.29 is 18.7 Å². The van der Waals surface area contributed by atoms with Crippen LogP contribution in [0.3, 0.4) is 0 Å². The molecule has 0 saturated carbocycles. The van der Waals surface area contributed by atoms with Crippen molar-refractivity contribution >= 4 is 11.6 Å². The molecule has 0 unspecified atom stereocenters. The van der Waals surface area contributed by atoms with Gasteiger partial charge in [-0.05, 0) is 12.1 Å². The van der Waals surface area contributed by atoms with E-state index in [9.17, 15) is 13.2 Å². The van der Waals surface area contributed by atoms with Gasteiger partial charge in [0.2, 0.25) is 0 Å². The van der Waals surface area contributed by atoms with Crippen LogP contribution in [0.1, 0.15) is 11.0 Å². The van der Waals surface area contributed by atoms with Crippen LogP contribution in [0.25, 0.3) is 0 Å². The average molecular weight is 185 g/mol. The third-order valence-electron chi connectivity index (χ3n) is 0.925. The Bertz CT molecular complexity index is 387. The first kappa shape index (κ1) is 4.36. The number of benzene rings is 1. The fraction of sp³-hybridized carbons (Fsp3) is 0.143. The maximum absolute atomic E-state index is 12.4. The first-order chi connectivity index (χ1) is 6.68. The third kappa shape index (κ3) is 1.87. The Morgan fingerprint density at radius 1 is 1.27 bits per heavy atom. The van der Waals surface area contributed by atoms with E-state index >= 15 is 0 Å². The molecule has 0 saturated heterocycles. The molecule has 11 heavy (non-hydrogen) atoms. The molecule has 0 aliphatic carbocycles. The zero-order valence-electron chi connectivity index (χ0n) is 9.01. The summed E-state index contributed by atoms with van der Waals surface area (Å²) in [6.45, 7) is 0. The third-order valence-corrected chi connectivity index (χ3v) is 1.21. The van der Waals surface area contributed by atoms with Crippen LogP contribution in [0.5, 0.6) is 0 Å². The minimum absolute atomic E-state index is 0.780. The first-order valence-electron chi connectivity index (χ1n) is 4.51. The summed E-state index contributed by atoms with van der Waals surface area (Å²) in [5.74, 6) is 0. The molecule has 0 atom stereocenters. The SMILES string of the molecule is [2H]c1c([2H])c([2H])c(C(F)(F)F)c(Cl)c1[2H]. The Labute approximate surface area is 72.2 Å². The van der Waals surface area contributed by atoms with Gasteiger partial charge in [-0.2, -0.15) is 13.2 Å². The molecule has 0 aliphatic heterocycles. The highest BCUT2D eigenvalue weighted by atomic mass is 35.5. The van der Waals surface area contributed by atoms with E-state index in [0.29, 0.717) is 0 Å². The molecule has 0 radical (unpaired) electrons. The second-order valence-corrected chi connectivity index (χ2v) is 2.06. The highest BCUT2D eigenvalue weighted by Crippen LogP contribution is 2.33. The highest BCUT2D eigenvalue weighted by molar-refractivity contribution is 6.31. The van der Waals surface area contributed by atoms with Gasteiger partial charge in [-0.1, -0.05) is 23.7 Å². The van der Waals surface area contributed by atoms with Gasteiger partial charge in [0.25, 0.3) is 0 Å². The normalized spacial score (nSPS) is 16.7. The maximum atomic E-state index is 12.4. The average Bonchev–Trinajstić information content (AvgIpc) is 2.09. The van der Waals surface area contributed by atoms with Gasteiger partial charge in [-0.25, -0.2) is 0 Å². The van der Waals surface area contributed by atoms with Gasteiger partial charge in [0, 0.05) is 0 Å². The summed E-state index contributed by atoms with van der Waals surface area (Å²) >= 11 is 5.23. The highest BCUT2D eigenvalue weighted by Gasteiger charge is 2.32. The van der Waals surface area contributed by atoms with Gasteiger partial charge < -0.3 is 0 Å². The van der Waals surface area contributed by atoms with E-state index in [1.807, 2.05) is 0 Å². The van der Waals surface area contributed by atoms with Crippen LogP contribution >= 0.6 is 11.6 Å². The summed E-state index contributed by atoms with van der Waals surface area (Å²) < 4.78 is 65.3. The molecule has 0 spiro atoms. The lowest BCUT2D eigenvalue weighted by molar-refractivity contribution is -0.137. The van der Waals surface area contributed by atoms with Crippen molar-refractivity contribution in [3.8, 4) is 0 Å². The van der Waals surface area contributed by atoms with Crippen LogP contribution < -0.4 is 0 Å². The van der Waals surface area contributed by atoms with E-state index < -0.39 is 40.9 Å². The summed E-state index contributed by atoms with van der Waals surface area (Å²) in [4.78, 5) is 0. The summed E-state index contributed by atoms with van der Waals surface area (Å²) in [6.07, 6.45) is -4.90. The molecule has 0 bridgehead atoms. The smallest absolute Gasteiger partial charge is 0.166 e. The number of hydrogen-bond acceptors (Lipinski definition) is 0. The minimum atomic E-state index is -4.90. The van der Waals surface area contributed by atoms with Gasteiger partial charge >= 0.3 is 6.18 Å². The van der Waals surface area contributed by atoms with Crippen LogP contribution in [0.2, 0.25) is 5.02 Å². The van der Waals surface area contributed by atoms with Crippen molar-refractivity contribution in [3.63, 3.8) is 0 Å². The summed E-state index contributed by atoms with van der Waals surface area (Å²) in [5.41, 5.74) is -1.53. The second kappa shape index (κ2) is 2.74. The molecule has 60 valence electrons.